The smallest absolute Gasteiger partial charge is 0.243 e. The predicted octanol–water partition coefficient (Wildman–Crippen LogP) is 3.27. The molecule has 2 unspecified atom stereocenters. The SMILES string of the molecule is CCC(C)C(N)C(=O)Nc1nc(-c2ccc(OC)c(F)c2)cs1. The van der Waals surface area contributed by atoms with Crippen LogP contribution in [0.1, 0.15) is 20.3 Å². The number of amides is 1. The topological polar surface area (TPSA) is 77.2 Å². The van der Waals surface area contributed by atoms with E-state index in [4.69, 9.17) is 10.5 Å². The van der Waals surface area contributed by atoms with Gasteiger partial charge in [0.2, 0.25) is 5.91 Å². The molecule has 1 amide bonds. The van der Waals surface area contributed by atoms with Crippen LogP contribution in [0, 0.1) is 11.7 Å². The number of thiazole rings is 1. The van der Waals surface area contributed by atoms with Crippen LogP contribution in [0.5, 0.6) is 5.75 Å². The van der Waals surface area contributed by atoms with Crippen LogP contribution in [-0.2, 0) is 4.79 Å². The summed E-state index contributed by atoms with van der Waals surface area (Å²) in [6, 6.07) is 4.03. The Balaban J connectivity index is 2.12. The van der Waals surface area contributed by atoms with Gasteiger partial charge in [0.1, 0.15) is 0 Å². The van der Waals surface area contributed by atoms with Gasteiger partial charge in [-0.15, -0.1) is 11.3 Å². The van der Waals surface area contributed by atoms with Crippen LogP contribution in [0.25, 0.3) is 11.3 Å². The van der Waals surface area contributed by atoms with E-state index >= 15 is 0 Å². The fraction of sp³-hybridized carbons (Fsp3) is 0.375. The number of anilines is 1. The minimum atomic E-state index is -0.578. The highest BCUT2D eigenvalue weighted by Crippen LogP contribution is 2.28. The molecule has 0 bridgehead atoms. The highest BCUT2D eigenvalue weighted by Gasteiger charge is 2.20. The van der Waals surface area contributed by atoms with E-state index in [0.29, 0.717) is 16.4 Å². The zero-order valence-corrected chi connectivity index (χ0v) is 14.1. The van der Waals surface area contributed by atoms with Crippen LogP contribution in [0.15, 0.2) is 23.6 Å². The lowest BCUT2D eigenvalue weighted by atomic mass is 10.00. The number of ether oxygens (including phenoxy) is 1. The minimum absolute atomic E-state index is 0.0881. The van der Waals surface area contributed by atoms with Gasteiger partial charge in [0.15, 0.2) is 16.7 Å². The van der Waals surface area contributed by atoms with Crippen molar-refractivity contribution in [3.63, 3.8) is 0 Å². The van der Waals surface area contributed by atoms with E-state index in [1.807, 2.05) is 13.8 Å². The van der Waals surface area contributed by atoms with E-state index < -0.39 is 11.9 Å². The Bertz CT molecular complexity index is 690. The molecule has 0 aliphatic rings. The van der Waals surface area contributed by atoms with Gasteiger partial charge < -0.3 is 15.8 Å². The Labute approximate surface area is 138 Å². The lowest BCUT2D eigenvalue weighted by molar-refractivity contribution is -0.118. The first-order valence-corrected chi connectivity index (χ1v) is 8.20. The standard InChI is InChI=1S/C16H20FN3O2S/c1-4-9(2)14(18)15(21)20-16-19-12(8-23-16)10-5-6-13(22-3)11(17)7-10/h5-9,14H,4,18H2,1-3H3,(H,19,20,21). The summed E-state index contributed by atoms with van der Waals surface area (Å²) in [5.74, 6) is -0.453. The number of halogens is 1. The predicted molar refractivity (Wildman–Crippen MR) is 90.1 cm³/mol. The first kappa shape index (κ1) is 17.4. The van der Waals surface area contributed by atoms with E-state index in [1.165, 1.54) is 24.5 Å². The first-order chi connectivity index (χ1) is 11.0. The molecule has 3 N–H and O–H groups in total. The Kier molecular flexibility index (Phi) is 5.68. The quantitative estimate of drug-likeness (QED) is 0.848. The number of carbonyl (C=O) groups is 1. The molecule has 0 saturated heterocycles. The molecule has 124 valence electrons. The summed E-state index contributed by atoms with van der Waals surface area (Å²) < 4.78 is 18.6. The second-order valence-electron chi connectivity index (χ2n) is 5.29. The van der Waals surface area contributed by atoms with E-state index in [-0.39, 0.29) is 17.6 Å². The van der Waals surface area contributed by atoms with Crippen LogP contribution in [-0.4, -0.2) is 24.0 Å². The summed E-state index contributed by atoms with van der Waals surface area (Å²) in [5.41, 5.74) is 7.09. The molecular weight excluding hydrogens is 317 g/mol. The highest BCUT2D eigenvalue weighted by atomic mass is 32.1. The van der Waals surface area contributed by atoms with Gasteiger partial charge in [0.05, 0.1) is 18.8 Å². The summed E-state index contributed by atoms with van der Waals surface area (Å²) in [7, 11) is 1.41. The highest BCUT2D eigenvalue weighted by molar-refractivity contribution is 7.14. The van der Waals surface area contributed by atoms with Crippen LogP contribution >= 0.6 is 11.3 Å². The van der Waals surface area contributed by atoms with Crippen molar-refractivity contribution in [3.8, 4) is 17.0 Å². The summed E-state index contributed by atoms with van der Waals surface area (Å²) >= 11 is 1.27. The molecule has 1 aromatic heterocycles. The fourth-order valence-electron chi connectivity index (χ4n) is 1.99. The molecule has 0 aliphatic carbocycles. The van der Waals surface area contributed by atoms with Crippen LogP contribution < -0.4 is 15.8 Å². The summed E-state index contributed by atoms with van der Waals surface area (Å²) in [4.78, 5) is 16.4. The number of methoxy groups -OCH3 is 1. The molecule has 7 heteroatoms. The Hall–Kier alpha value is -1.99. The molecule has 0 saturated carbocycles. The molecule has 0 fully saturated rings. The average Bonchev–Trinajstić information content (AvgIpc) is 3.01. The van der Waals surface area contributed by atoms with E-state index in [1.54, 1.807) is 17.5 Å². The van der Waals surface area contributed by atoms with Gasteiger partial charge in [-0.25, -0.2) is 9.37 Å². The molecule has 2 aromatic rings. The van der Waals surface area contributed by atoms with Gasteiger partial charge in [-0.1, -0.05) is 20.3 Å². The number of rotatable bonds is 6. The zero-order valence-electron chi connectivity index (χ0n) is 13.3. The largest absolute Gasteiger partial charge is 0.494 e. The zero-order chi connectivity index (χ0) is 17.0. The summed E-state index contributed by atoms with van der Waals surface area (Å²) in [6.45, 7) is 3.91. The van der Waals surface area contributed by atoms with E-state index in [0.717, 1.165) is 6.42 Å². The van der Waals surface area contributed by atoms with Crippen molar-refractivity contribution in [3.05, 3.63) is 29.4 Å². The Morgan fingerprint density at radius 3 is 2.87 bits per heavy atom. The van der Waals surface area contributed by atoms with Gasteiger partial charge in [-0.3, -0.25) is 4.79 Å². The van der Waals surface area contributed by atoms with Gasteiger partial charge in [-0.2, -0.15) is 0 Å². The molecule has 5 nitrogen and oxygen atoms in total. The van der Waals surface area contributed by atoms with Crippen LogP contribution in [0.3, 0.4) is 0 Å². The summed E-state index contributed by atoms with van der Waals surface area (Å²) in [5, 5.41) is 4.91. The second-order valence-corrected chi connectivity index (χ2v) is 6.15. The Morgan fingerprint density at radius 1 is 1.52 bits per heavy atom. The maximum Gasteiger partial charge on any atom is 0.243 e. The third kappa shape index (κ3) is 4.05. The van der Waals surface area contributed by atoms with Crippen molar-refractivity contribution in [1.29, 1.82) is 0 Å². The van der Waals surface area contributed by atoms with Crippen molar-refractivity contribution < 1.29 is 13.9 Å². The number of nitrogens with zero attached hydrogens (tertiary/aromatic N) is 1. The molecule has 0 radical (unpaired) electrons. The number of nitrogens with one attached hydrogen (secondary N) is 1. The number of carbonyl (C=O) groups excluding carboxylic acids is 1. The normalized spacial score (nSPS) is 13.4. The molecule has 23 heavy (non-hydrogen) atoms. The molecule has 0 spiro atoms. The van der Waals surface area contributed by atoms with Crippen LogP contribution in [0.4, 0.5) is 9.52 Å². The van der Waals surface area contributed by atoms with E-state index in [9.17, 15) is 9.18 Å². The lowest BCUT2D eigenvalue weighted by Crippen LogP contribution is -2.40. The van der Waals surface area contributed by atoms with Crippen LogP contribution in [0.2, 0.25) is 0 Å². The van der Waals surface area contributed by atoms with Gasteiger partial charge in [0, 0.05) is 10.9 Å². The average molecular weight is 337 g/mol. The molecule has 1 heterocycles. The van der Waals surface area contributed by atoms with Gasteiger partial charge in [-0.05, 0) is 24.1 Å². The molecule has 1 aromatic carbocycles. The number of hydrogen-bond acceptors (Lipinski definition) is 5. The molecule has 2 atom stereocenters. The summed E-state index contributed by atoms with van der Waals surface area (Å²) in [6.07, 6.45) is 0.822. The van der Waals surface area contributed by atoms with Crippen molar-refractivity contribution >= 4 is 22.4 Å². The van der Waals surface area contributed by atoms with Crippen molar-refractivity contribution in [2.24, 2.45) is 11.7 Å². The van der Waals surface area contributed by atoms with Crippen molar-refractivity contribution in [2.75, 3.05) is 12.4 Å². The van der Waals surface area contributed by atoms with Gasteiger partial charge >= 0.3 is 0 Å². The molecule has 2 rings (SSSR count). The number of nitrogens with two attached hydrogens (primary N) is 1. The van der Waals surface area contributed by atoms with E-state index in [2.05, 4.69) is 10.3 Å². The van der Waals surface area contributed by atoms with Crippen molar-refractivity contribution in [1.82, 2.24) is 4.98 Å². The molecular formula is C16H20FN3O2S. The number of hydrogen-bond donors (Lipinski definition) is 2. The van der Waals surface area contributed by atoms with Crippen molar-refractivity contribution in [2.45, 2.75) is 26.3 Å². The molecule has 0 aliphatic heterocycles. The Morgan fingerprint density at radius 2 is 2.26 bits per heavy atom. The lowest BCUT2D eigenvalue weighted by Gasteiger charge is -2.16. The third-order valence-electron chi connectivity index (χ3n) is 3.74. The number of benzene rings is 1. The van der Waals surface area contributed by atoms with Gasteiger partial charge in [0.25, 0.3) is 0 Å². The fourth-order valence-corrected chi connectivity index (χ4v) is 2.71. The maximum absolute atomic E-state index is 13.8. The third-order valence-corrected chi connectivity index (χ3v) is 4.50. The second kappa shape index (κ2) is 7.52. The minimum Gasteiger partial charge on any atom is -0.494 e. The maximum atomic E-state index is 13.8. The first-order valence-electron chi connectivity index (χ1n) is 7.32. The number of aromatic nitrogens is 1. The monoisotopic (exact) mass is 337 g/mol.